The monoisotopic (exact) mass is 287 g/mol. The van der Waals surface area contributed by atoms with Gasteiger partial charge in [-0.25, -0.2) is 0 Å². The second-order valence-electron chi connectivity index (χ2n) is 3.82. The molecule has 0 aliphatic carbocycles. The molecule has 5 nitrogen and oxygen atoms in total. The Bertz CT molecular complexity index is 403. The molecule has 1 N–H and O–H groups in total. The third-order valence-electron chi connectivity index (χ3n) is 2.54. The number of ether oxygens (including phenoxy) is 3. The van der Waals surface area contributed by atoms with Crippen molar-refractivity contribution in [1.82, 2.24) is 5.32 Å². The molecule has 0 aliphatic heterocycles. The summed E-state index contributed by atoms with van der Waals surface area (Å²) in [5, 5.41) is 2.78. The van der Waals surface area contributed by atoms with Crippen molar-refractivity contribution in [3.05, 3.63) is 23.8 Å². The van der Waals surface area contributed by atoms with E-state index in [9.17, 15) is 4.79 Å². The highest BCUT2D eigenvalue weighted by molar-refractivity contribution is 6.18. The number of methoxy groups -OCH3 is 3. The van der Waals surface area contributed by atoms with Crippen LogP contribution in [0, 0.1) is 0 Å². The molecule has 0 saturated heterocycles. The van der Waals surface area contributed by atoms with Crippen molar-refractivity contribution in [3.8, 4) is 11.5 Å². The summed E-state index contributed by atoms with van der Waals surface area (Å²) in [7, 11) is 4.55. The Kier molecular flexibility index (Phi) is 6.45. The van der Waals surface area contributed by atoms with Crippen molar-refractivity contribution in [2.45, 2.75) is 6.04 Å². The third kappa shape index (κ3) is 4.01. The first-order chi connectivity index (χ1) is 9.17. The van der Waals surface area contributed by atoms with E-state index < -0.39 is 0 Å². The maximum Gasteiger partial charge on any atom is 0.259 e. The van der Waals surface area contributed by atoms with Gasteiger partial charge in [0.15, 0.2) is 0 Å². The lowest BCUT2D eigenvalue weighted by molar-refractivity contribution is 0.0900. The molecule has 6 heteroatoms. The Hall–Kier alpha value is -1.46. The van der Waals surface area contributed by atoms with Crippen LogP contribution in [0.3, 0.4) is 0 Å². The van der Waals surface area contributed by atoms with E-state index >= 15 is 0 Å². The predicted octanol–water partition coefficient (Wildman–Crippen LogP) is 1.69. The summed E-state index contributed by atoms with van der Waals surface area (Å²) in [6.07, 6.45) is 0. The first-order valence-corrected chi connectivity index (χ1v) is 6.28. The largest absolute Gasteiger partial charge is 0.496 e. The second kappa shape index (κ2) is 7.86. The summed E-state index contributed by atoms with van der Waals surface area (Å²) in [6.45, 7) is 0.340. The number of benzene rings is 1. The van der Waals surface area contributed by atoms with Gasteiger partial charge in [-0.05, 0) is 12.1 Å². The topological polar surface area (TPSA) is 56.8 Å². The van der Waals surface area contributed by atoms with Crippen LogP contribution in [-0.2, 0) is 4.74 Å². The van der Waals surface area contributed by atoms with Crippen LogP contribution in [0.15, 0.2) is 18.2 Å². The van der Waals surface area contributed by atoms with Gasteiger partial charge in [0.2, 0.25) is 0 Å². The van der Waals surface area contributed by atoms with E-state index in [2.05, 4.69) is 5.32 Å². The Morgan fingerprint density at radius 3 is 2.26 bits per heavy atom. The summed E-state index contributed by atoms with van der Waals surface area (Å²) < 4.78 is 15.3. The standard InChI is InChI=1S/C13H18ClNO4/c1-17-8-9(7-14)15-13(16)12-10(18-2)5-4-6-11(12)19-3/h4-6,9H,7-8H2,1-3H3,(H,15,16). The summed E-state index contributed by atoms with van der Waals surface area (Å²) >= 11 is 5.77. The summed E-state index contributed by atoms with van der Waals surface area (Å²) in [6, 6.07) is 4.88. The van der Waals surface area contributed by atoms with E-state index in [4.69, 9.17) is 25.8 Å². The van der Waals surface area contributed by atoms with E-state index in [-0.39, 0.29) is 17.8 Å². The molecule has 19 heavy (non-hydrogen) atoms. The molecule has 0 bridgehead atoms. The maximum absolute atomic E-state index is 12.3. The van der Waals surface area contributed by atoms with Crippen molar-refractivity contribution in [2.75, 3.05) is 33.8 Å². The van der Waals surface area contributed by atoms with Gasteiger partial charge in [0, 0.05) is 13.0 Å². The minimum Gasteiger partial charge on any atom is -0.496 e. The van der Waals surface area contributed by atoms with Crippen LogP contribution in [0.5, 0.6) is 11.5 Å². The fourth-order valence-corrected chi connectivity index (χ4v) is 1.82. The number of carbonyl (C=O) groups excluding carboxylic acids is 1. The second-order valence-corrected chi connectivity index (χ2v) is 4.13. The van der Waals surface area contributed by atoms with E-state index in [0.29, 0.717) is 23.7 Å². The van der Waals surface area contributed by atoms with Crippen LogP contribution >= 0.6 is 11.6 Å². The first kappa shape index (κ1) is 15.6. The average molecular weight is 288 g/mol. The van der Waals surface area contributed by atoms with Crippen LogP contribution in [0.25, 0.3) is 0 Å². The highest BCUT2D eigenvalue weighted by Crippen LogP contribution is 2.28. The van der Waals surface area contributed by atoms with E-state index in [0.717, 1.165) is 0 Å². The Morgan fingerprint density at radius 1 is 1.26 bits per heavy atom. The van der Waals surface area contributed by atoms with Crippen LogP contribution < -0.4 is 14.8 Å². The highest BCUT2D eigenvalue weighted by Gasteiger charge is 2.20. The number of carbonyl (C=O) groups is 1. The minimum atomic E-state index is -0.308. The Labute approximate surface area is 117 Å². The molecular formula is C13H18ClNO4. The van der Waals surface area contributed by atoms with Crippen molar-refractivity contribution in [1.29, 1.82) is 0 Å². The van der Waals surface area contributed by atoms with Crippen LogP contribution in [0.1, 0.15) is 10.4 Å². The van der Waals surface area contributed by atoms with Gasteiger partial charge in [0.05, 0.1) is 26.9 Å². The number of rotatable bonds is 7. The van der Waals surface area contributed by atoms with Crippen molar-refractivity contribution < 1.29 is 19.0 Å². The molecule has 0 radical (unpaired) electrons. The van der Waals surface area contributed by atoms with Crippen molar-refractivity contribution in [2.24, 2.45) is 0 Å². The molecule has 1 aromatic rings. The van der Waals surface area contributed by atoms with Gasteiger partial charge in [-0.1, -0.05) is 6.07 Å². The van der Waals surface area contributed by atoms with Gasteiger partial charge in [0.25, 0.3) is 5.91 Å². The Balaban J connectivity index is 2.97. The smallest absolute Gasteiger partial charge is 0.259 e. The molecule has 0 spiro atoms. The third-order valence-corrected chi connectivity index (χ3v) is 2.92. The SMILES string of the molecule is COCC(CCl)NC(=O)c1c(OC)cccc1OC. The number of halogens is 1. The van der Waals surface area contributed by atoms with Gasteiger partial charge < -0.3 is 19.5 Å². The zero-order valence-corrected chi connectivity index (χ0v) is 12.0. The van der Waals surface area contributed by atoms with E-state index in [1.54, 1.807) is 25.3 Å². The summed E-state index contributed by atoms with van der Waals surface area (Å²) in [5.41, 5.74) is 0.346. The lowest BCUT2D eigenvalue weighted by Crippen LogP contribution is -2.39. The molecule has 0 heterocycles. The fourth-order valence-electron chi connectivity index (χ4n) is 1.66. The number of hydrogen-bond acceptors (Lipinski definition) is 4. The number of nitrogens with one attached hydrogen (secondary N) is 1. The van der Waals surface area contributed by atoms with Gasteiger partial charge in [0.1, 0.15) is 17.1 Å². The molecule has 1 atom stereocenters. The maximum atomic E-state index is 12.3. The molecule has 106 valence electrons. The predicted molar refractivity (Wildman–Crippen MR) is 73.4 cm³/mol. The fraction of sp³-hybridized carbons (Fsp3) is 0.462. The van der Waals surface area contributed by atoms with Gasteiger partial charge in [-0.15, -0.1) is 11.6 Å². The zero-order chi connectivity index (χ0) is 14.3. The molecule has 0 fully saturated rings. The van der Waals surface area contributed by atoms with Crippen LogP contribution in [0.4, 0.5) is 0 Å². The number of hydrogen-bond donors (Lipinski definition) is 1. The lowest BCUT2D eigenvalue weighted by Gasteiger charge is -2.17. The first-order valence-electron chi connectivity index (χ1n) is 5.74. The van der Waals surface area contributed by atoms with Crippen LogP contribution in [-0.4, -0.2) is 45.8 Å². The Morgan fingerprint density at radius 2 is 1.84 bits per heavy atom. The van der Waals surface area contributed by atoms with Gasteiger partial charge in [-0.3, -0.25) is 4.79 Å². The quantitative estimate of drug-likeness (QED) is 0.776. The molecule has 1 rings (SSSR count). The molecule has 0 saturated carbocycles. The lowest BCUT2D eigenvalue weighted by atomic mass is 10.1. The molecule has 1 aromatic carbocycles. The average Bonchev–Trinajstić information content (AvgIpc) is 2.45. The van der Waals surface area contributed by atoms with Gasteiger partial charge in [-0.2, -0.15) is 0 Å². The minimum absolute atomic E-state index is 0.261. The van der Waals surface area contributed by atoms with E-state index in [1.165, 1.54) is 14.2 Å². The number of amides is 1. The summed E-state index contributed by atoms with van der Waals surface area (Å²) in [4.78, 5) is 12.3. The van der Waals surface area contributed by atoms with Crippen LogP contribution in [0.2, 0.25) is 0 Å². The molecule has 1 unspecified atom stereocenters. The zero-order valence-electron chi connectivity index (χ0n) is 11.2. The van der Waals surface area contributed by atoms with Gasteiger partial charge >= 0.3 is 0 Å². The molecule has 1 amide bonds. The van der Waals surface area contributed by atoms with E-state index in [1.807, 2.05) is 0 Å². The molecule has 0 aliphatic rings. The summed E-state index contributed by atoms with van der Waals surface area (Å²) in [5.74, 6) is 0.846. The number of alkyl halides is 1. The normalized spacial score (nSPS) is 11.8. The molecular weight excluding hydrogens is 270 g/mol. The highest BCUT2D eigenvalue weighted by atomic mass is 35.5. The molecule has 0 aromatic heterocycles. The van der Waals surface area contributed by atoms with Crippen molar-refractivity contribution in [3.63, 3.8) is 0 Å². The van der Waals surface area contributed by atoms with Crippen molar-refractivity contribution >= 4 is 17.5 Å².